The molecular weight excluding hydrogens is 248 g/mol. The summed E-state index contributed by atoms with van der Waals surface area (Å²) in [7, 11) is 1.54. The number of para-hydroxylation sites is 1. The van der Waals surface area contributed by atoms with Crippen molar-refractivity contribution in [2.75, 3.05) is 26.8 Å². The third kappa shape index (κ3) is 7.05. The number of hydrogen-bond acceptors (Lipinski definition) is 4. The Hall–Kier alpha value is -2.08. The van der Waals surface area contributed by atoms with Gasteiger partial charge in [0.1, 0.15) is 5.75 Å². The van der Waals surface area contributed by atoms with Crippen LogP contribution in [0.25, 0.3) is 0 Å². The summed E-state index contributed by atoms with van der Waals surface area (Å²) in [6.07, 6.45) is -0.234. The van der Waals surface area contributed by atoms with Gasteiger partial charge in [0.05, 0.1) is 6.61 Å². The Balaban J connectivity index is 2.09. The van der Waals surface area contributed by atoms with Crippen molar-refractivity contribution in [3.63, 3.8) is 0 Å². The van der Waals surface area contributed by atoms with Crippen molar-refractivity contribution < 1.29 is 19.1 Å². The van der Waals surface area contributed by atoms with Crippen LogP contribution in [0.2, 0.25) is 0 Å². The summed E-state index contributed by atoms with van der Waals surface area (Å²) in [6, 6.07) is 8.76. The van der Waals surface area contributed by atoms with Crippen molar-refractivity contribution in [2.45, 2.75) is 6.42 Å². The second-order valence-corrected chi connectivity index (χ2v) is 3.72. The summed E-state index contributed by atoms with van der Waals surface area (Å²) in [6.45, 7) is 1.05. The third-order valence-corrected chi connectivity index (χ3v) is 2.20. The molecule has 0 heterocycles. The van der Waals surface area contributed by atoms with Crippen LogP contribution in [0.4, 0.5) is 4.79 Å². The molecule has 0 spiro atoms. The zero-order valence-corrected chi connectivity index (χ0v) is 10.8. The van der Waals surface area contributed by atoms with Gasteiger partial charge in [0.2, 0.25) is 5.91 Å². The van der Waals surface area contributed by atoms with Gasteiger partial charge in [-0.3, -0.25) is 4.79 Å². The lowest BCUT2D eigenvalue weighted by molar-refractivity contribution is -0.121. The van der Waals surface area contributed by atoms with Crippen molar-refractivity contribution in [1.82, 2.24) is 10.6 Å². The Labute approximate surface area is 112 Å². The van der Waals surface area contributed by atoms with Gasteiger partial charge >= 0.3 is 6.09 Å². The van der Waals surface area contributed by atoms with Crippen molar-refractivity contribution >= 4 is 12.0 Å². The first-order chi connectivity index (χ1) is 9.22. The SMILES string of the molecule is COCCC(=O)NCCNC(=O)Oc1ccccc1. The first-order valence-electron chi connectivity index (χ1n) is 5.98. The van der Waals surface area contributed by atoms with Crippen molar-refractivity contribution in [3.8, 4) is 5.75 Å². The molecular formula is C13H18N2O4. The quantitative estimate of drug-likeness (QED) is 0.720. The summed E-state index contributed by atoms with van der Waals surface area (Å²) in [5.74, 6) is 0.365. The first kappa shape index (κ1) is 15.0. The van der Waals surface area contributed by atoms with Gasteiger partial charge in [-0.25, -0.2) is 4.79 Å². The molecule has 0 aliphatic heterocycles. The van der Waals surface area contributed by atoms with Gasteiger partial charge in [0.15, 0.2) is 0 Å². The minimum Gasteiger partial charge on any atom is -0.410 e. The molecule has 19 heavy (non-hydrogen) atoms. The number of methoxy groups -OCH3 is 1. The van der Waals surface area contributed by atoms with Crippen LogP contribution in [0.3, 0.4) is 0 Å². The zero-order chi connectivity index (χ0) is 13.9. The highest BCUT2D eigenvalue weighted by Gasteiger charge is 2.03. The minimum absolute atomic E-state index is 0.111. The smallest absolute Gasteiger partial charge is 0.410 e. The average Bonchev–Trinajstić information content (AvgIpc) is 2.42. The predicted octanol–water partition coefficient (Wildman–Crippen LogP) is 0.928. The first-order valence-corrected chi connectivity index (χ1v) is 5.98. The largest absolute Gasteiger partial charge is 0.412 e. The van der Waals surface area contributed by atoms with E-state index in [0.717, 1.165) is 0 Å². The fraction of sp³-hybridized carbons (Fsp3) is 0.385. The molecule has 2 N–H and O–H groups in total. The molecule has 0 aromatic heterocycles. The van der Waals surface area contributed by atoms with Crippen LogP contribution in [-0.2, 0) is 9.53 Å². The van der Waals surface area contributed by atoms with E-state index in [9.17, 15) is 9.59 Å². The Morgan fingerprint density at radius 1 is 1.11 bits per heavy atom. The standard InChI is InChI=1S/C13H18N2O4/c1-18-10-7-12(16)14-8-9-15-13(17)19-11-5-3-2-4-6-11/h2-6H,7-10H2,1H3,(H,14,16)(H,15,17). The average molecular weight is 266 g/mol. The number of rotatable bonds is 7. The summed E-state index contributed by atoms with van der Waals surface area (Å²) >= 11 is 0. The van der Waals surface area contributed by atoms with E-state index < -0.39 is 6.09 Å². The highest BCUT2D eigenvalue weighted by atomic mass is 16.6. The molecule has 1 aromatic rings. The van der Waals surface area contributed by atoms with Crippen LogP contribution in [0, 0.1) is 0 Å². The van der Waals surface area contributed by atoms with Gasteiger partial charge in [0.25, 0.3) is 0 Å². The third-order valence-electron chi connectivity index (χ3n) is 2.20. The van der Waals surface area contributed by atoms with Crippen LogP contribution in [0.1, 0.15) is 6.42 Å². The number of amides is 2. The molecule has 0 saturated heterocycles. The van der Waals surface area contributed by atoms with Crippen LogP contribution >= 0.6 is 0 Å². The van der Waals surface area contributed by atoms with Gasteiger partial charge in [-0.1, -0.05) is 18.2 Å². The summed E-state index contributed by atoms with van der Waals surface area (Å²) < 4.78 is 9.78. The summed E-state index contributed by atoms with van der Waals surface area (Å²) in [5, 5.41) is 5.18. The lowest BCUT2D eigenvalue weighted by Gasteiger charge is -2.07. The number of benzene rings is 1. The molecule has 1 aromatic carbocycles. The molecule has 1 rings (SSSR count). The molecule has 0 radical (unpaired) electrons. The number of hydrogen-bond donors (Lipinski definition) is 2. The predicted molar refractivity (Wildman–Crippen MR) is 70.0 cm³/mol. The van der Waals surface area contributed by atoms with Gasteiger partial charge in [-0.15, -0.1) is 0 Å². The van der Waals surface area contributed by atoms with E-state index in [2.05, 4.69) is 10.6 Å². The lowest BCUT2D eigenvalue weighted by atomic mass is 10.3. The van der Waals surface area contributed by atoms with Crippen LogP contribution in [-0.4, -0.2) is 38.8 Å². The van der Waals surface area contributed by atoms with E-state index >= 15 is 0 Å². The van der Waals surface area contributed by atoms with E-state index in [1.165, 1.54) is 7.11 Å². The van der Waals surface area contributed by atoms with Gasteiger partial charge in [-0.2, -0.15) is 0 Å². The second kappa shape index (κ2) is 8.93. The Morgan fingerprint density at radius 3 is 2.47 bits per heavy atom. The highest BCUT2D eigenvalue weighted by molar-refractivity contribution is 5.76. The molecule has 0 unspecified atom stereocenters. The van der Waals surface area contributed by atoms with Crippen molar-refractivity contribution in [3.05, 3.63) is 30.3 Å². The molecule has 0 aliphatic carbocycles. The summed E-state index contributed by atoms with van der Waals surface area (Å²) in [5.41, 5.74) is 0. The van der Waals surface area contributed by atoms with Gasteiger partial charge < -0.3 is 20.1 Å². The fourth-order valence-corrected chi connectivity index (χ4v) is 1.28. The fourth-order valence-electron chi connectivity index (χ4n) is 1.28. The number of carbonyl (C=O) groups is 2. The highest BCUT2D eigenvalue weighted by Crippen LogP contribution is 2.07. The number of nitrogens with one attached hydrogen (secondary N) is 2. The maximum absolute atomic E-state index is 11.4. The maximum atomic E-state index is 11.4. The topological polar surface area (TPSA) is 76.7 Å². The summed E-state index contributed by atoms with van der Waals surface area (Å²) in [4.78, 5) is 22.6. The molecule has 2 amide bonds. The molecule has 104 valence electrons. The molecule has 0 bridgehead atoms. The molecule has 0 saturated carbocycles. The van der Waals surface area contributed by atoms with Crippen LogP contribution in [0.5, 0.6) is 5.75 Å². The normalized spacial score (nSPS) is 9.74. The van der Waals surface area contributed by atoms with Crippen molar-refractivity contribution in [2.24, 2.45) is 0 Å². The van der Waals surface area contributed by atoms with Gasteiger partial charge in [0, 0.05) is 26.6 Å². The molecule has 0 atom stereocenters. The van der Waals surface area contributed by atoms with E-state index in [4.69, 9.17) is 9.47 Å². The van der Waals surface area contributed by atoms with Crippen molar-refractivity contribution in [1.29, 1.82) is 0 Å². The monoisotopic (exact) mass is 266 g/mol. The van der Waals surface area contributed by atoms with E-state index in [0.29, 0.717) is 31.9 Å². The lowest BCUT2D eigenvalue weighted by Crippen LogP contribution is -2.36. The number of ether oxygens (including phenoxy) is 2. The van der Waals surface area contributed by atoms with Crippen LogP contribution in [0.15, 0.2) is 30.3 Å². The Morgan fingerprint density at radius 2 is 1.79 bits per heavy atom. The minimum atomic E-state index is -0.544. The second-order valence-electron chi connectivity index (χ2n) is 3.72. The molecule has 6 nitrogen and oxygen atoms in total. The molecule has 0 aliphatic rings. The Bertz CT molecular complexity index is 395. The molecule has 6 heteroatoms. The van der Waals surface area contributed by atoms with Crippen LogP contribution < -0.4 is 15.4 Å². The van der Waals surface area contributed by atoms with E-state index in [1.54, 1.807) is 24.3 Å². The van der Waals surface area contributed by atoms with Gasteiger partial charge in [-0.05, 0) is 12.1 Å². The zero-order valence-electron chi connectivity index (χ0n) is 10.8. The Kier molecular flexibility index (Phi) is 7.04. The van der Waals surface area contributed by atoms with E-state index in [1.807, 2.05) is 6.07 Å². The maximum Gasteiger partial charge on any atom is 0.412 e. The molecule has 0 fully saturated rings. The number of carbonyl (C=O) groups excluding carboxylic acids is 2. The van der Waals surface area contributed by atoms with E-state index in [-0.39, 0.29) is 5.91 Å².